The van der Waals surface area contributed by atoms with Crippen LogP contribution in [0, 0.1) is 0 Å². The van der Waals surface area contributed by atoms with E-state index in [4.69, 9.17) is 11.6 Å². The van der Waals surface area contributed by atoms with Gasteiger partial charge in [0.15, 0.2) is 10.8 Å². The lowest BCUT2D eigenvalue weighted by atomic mass is 10.4. The SMILES string of the molecule is CSc1nc2ccc(Cl)nc2n1C. The minimum Gasteiger partial charge on any atom is -0.307 e. The van der Waals surface area contributed by atoms with E-state index in [1.165, 1.54) is 0 Å². The van der Waals surface area contributed by atoms with Crippen LogP contribution in [0.4, 0.5) is 0 Å². The number of aryl methyl sites for hydroxylation is 1. The summed E-state index contributed by atoms with van der Waals surface area (Å²) >= 11 is 7.38. The van der Waals surface area contributed by atoms with E-state index in [1.54, 1.807) is 17.8 Å². The van der Waals surface area contributed by atoms with E-state index in [0.29, 0.717) is 5.15 Å². The summed E-state index contributed by atoms with van der Waals surface area (Å²) in [6.07, 6.45) is 1.99. The van der Waals surface area contributed by atoms with Crippen LogP contribution in [0.3, 0.4) is 0 Å². The van der Waals surface area contributed by atoms with Crippen LogP contribution >= 0.6 is 23.4 Å². The molecule has 2 heterocycles. The van der Waals surface area contributed by atoms with Crippen molar-refractivity contribution in [2.24, 2.45) is 7.05 Å². The molecule has 0 N–H and O–H groups in total. The van der Waals surface area contributed by atoms with Crippen molar-refractivity contribution in [1.82, 2.24) is 14.5 Å². The minimum atomic E-state index is 0.503. The molecule has 0 radical (unpaired) electrons. The molecule has 0 bridgehead atoms. The molecule has 0 aliphatic rings. The molecule has 0 aliphatic heterocycles. The lowest BCUT2D eigenvalue weighted by Gasteiger charge is -1.96. The summed E-state index contributed by atoms with van der Waals surface area (Å²) < 4.78 is 1.94. The van der Waals surface area contributed by atoms with Crippen LogP contribution in [0.25, 0.3) is 11.2 Å². The van der Waals surface area contributed by atoms with E-state index in [9.17, 15) is 0 Å². The Morgan fingerprint density at radius 2 is 2.15 bits per heavy atom. The van der Waals surface area contributed by atoms with Crippen molar-refractivity contribution in [2.45, 2.75) is 5.16 Å². The highest BCUT2D eigenvalue weighted by atomic mass is 35.5. The molecular weight excluding hydrogens is 206 g/mol. The van der Waals surface area contributed by atoms with Crippen LogP contribution in [0.2, 0.25) is 5.15 Å². The third-order valence-electron chi connectivity index (χ3n) is 1.82. The molecule has 3 nitrogen and oxygen atoms in total. The number of imidazole rings is 1. The van der Waals surface area contributed by atoms with Gasteiger partial charge in [0, 0.05) is 7.05 Å². The van der Waals surface area contributed by atoms with Gasteiger partial charge >= 0.3 is 0 Å². The summed E-state index contributed by atoms with van der Waals surface area (Å²) in [5.41, 5.74) is 1.72. The van der Waals surface area contributed by atoms with Crippen molar-refractivity contribution < 1.29 is 0 Å². The predicted molar refractivity (Wildman–Crippen MR) is 55.3 cm³/mol. The molecule has 2 rings (SSSR count). The summed E-state index contributed by atoms with van der Waals surface area (Å²) in [4.78, 5) is 8.57. The highest BCUT2D eigenvalue weighted by molar-refractivity contribution is 7.98. The van der Waals surface area contributed by atoms with E-state index < -0.39 is 0 Å². The van der Waals surface area contributed by atoms with Gasteiger partial charge in [-0.25, -0.2) is 9.97 Å². The average molecular weight is 214 g/mol. The Morgan fingerprint density at radius 1 is 1.38 bits per heavy atom. The maximum absolute atomic E-state index is 5.78. The quantitative estimate of drug-likeness (QED) is 0.538. The molecule has 13 heavy (non-hydrogen) atoms. The molecule has 0 unspecified atom stereocenters. The summed E-state index contributed by atoms with van der Waals surface area (Å²) in [5.74, 6) is 0. The van der Waals surface area contributed by atoms with Gasteiger partial charge in [0.25, 0.3) is 0 Å². The monoisotopic (exact) mass is 213 g/mol. The molecule has 0 atom stereocenters. The van der Waals surface area contributed by atoms with Crippen molar-refractivity contribution in [1.29, 1.82) is 0 Å². The number of nitrogens with zero attached hydrogens (tertiary/aromatic N) is 3. The molecule has 0 spiro atoms. The molecule has 0 amide bonds. The number of aromatic nitrogens is 3. The van der Waals surface area contributed by atoms with Gasteiger partial charge < -0.3 is 4.57 Å². The number of fused-ring (bicyclic) bond motifs is 1. The van der Waals surface area contributed by atoms with E-state index in [0.717, 1.165) is 16.3 Å². The predicted octanol–water partition coefficient (Wildman–Crippen LogP) is 2.34. The molecular formula is C8H8ClN3S. The summed E-state index contributed by atoms with van der Waals surface area (Å²) in [5, 5.41) is 1.45. The van der Waals surface area contributed by atoms with Crippen molar-refractivity contribution in [2.75, 3.05) is 6.26 Å². The Morgan fingerprint density at radius 3 is 2.85 bits per heavy atom. The molecule has 2 aromatic heterocycles. The summed E-state index contributed by atoms with van der Waals surface area (Å²) in [6, 6.07) is 3.63. The highest BCUT2D eigenvalue weighted by Gasteiger charge is 2.07. The summed E-state index contributed by atoms with van der Waals surface area (Å²) in [7, 11) is 1.94. The number of pyridine rings is 1. The molecule has 2 aromatic rings. The number of hydrogen-bond donors (Lipinski definition) is 0. The first-order valence-electron chi connectivity index (χ1n) is 3.75. The largest absolute Gasteiger partial charge is 0.307 e. The van der Waals surface area contributed by atoms with E-state index in [2.05, 4.69) is 9.97 Å². The second-order valence-electron chi connectivity index (χ2n) is 2.63. The van der Waals surface area contributed by atoms with Crippen LogP contribution in [0.1, 0.15) is 0 Å². The van der Waals surface area contributed by atoms with Gasteiger partial charge in [0.05, 0.1) is 0 Å². The topological polar surface area (TPSA) is 30.7 Å². The first kappa shape index (κ1) is 8.84. The number of rotatable bonds is 1. The first-order chi connectivity index (χ1) is 6.22. The van der Waals surface area contributed by atoms with Gasteiger partial charge in [-0.15, -0.1) is 0 Å². The van der Waals surface area contributed by atoms with E-state index in [-0.39, 0.29) is 0 Å². The van der Waals surface area contributed by atoms with Crippen LogP contribution < -0.4 is 0 Å². The molecule has 0 saturated carbocycles. The Balaban J connectivity index is 2.77. The van der Waals surface area contributed by atoms with E-state index >= 15 is 0 Å². The highest BCUT2D eigenvalue weighted by Crippen LogP contribution is 2.20. The molecule has 68 valence electrons. The fourth-order valence-corrected chi connectivity index (χ4v) is 1.90. The molecule has 5 heteroatoms. The Bertz CT molecular complexity index is 452. The smallest absolute Gasteiger partial charge is 0.169 e. The van der Waals surface area contributed by atoms with Crippen LogP contribution in [-0.2, 0) is 7.05 Å². The molecule has 0 fully saturated rings. The van der Waals surface area contributed by atoms with Gasteiger partial charge in [-0.3, -0.25) is 0 Å². The summed E-state index contributed by atoms with van der Waals surface area (Å²) in [6.45, 7) is 0. The third kappa shape index (κ3) is 1.40. The number of halogens is 1. The molecule has 0 aromatic carbocycles. The zero-order valence-corrected chi connectivity index (χ0v) is 8.85. The first-order valence-corrected chi connectivity index (χ1v) is 5.35. The average Bonchev–Trinajstić information content (AvgIpc) is 2.44. The zero-order chi connectivity index (χ0) is 9.42. The van der Waals surface area contributed by atoms with Crippen LogP contribution in [-0.4, -0.2) is 20.8 Å². The van der Waals surface area contributed by atoms with E-state index in [1.807, 2.05) is 23.9 Å². The van der Waals surface area contributed by atoms with Crippen LogP contribution in [0.15, 0.2) is 17.3 Å². The molecule has 0 saturated heterocycles. The van der Waals surface area contributed by atoms with Gasteiger partial charge in [-0.05, 0) is 18.4 Å². The van der Waals surface area contributed by atoms with Gasteiger partial charge in [-0.2, -0.15) is 0 Å². The Labute approximate surface area is 85.1 Å². The van der Waals surface area contributed by atoms with Crippen molar-refractivity contribution in [3.63, 3.8) is 0 Å². The number of hydrogen-bond acceptors (Lipinski definition) is 3. The maximum atomic E-state index is 5.78. The fraction of sp³-hybridized carbons (Fsp3) is 0.250. The van der Waals surface area contributed by atoms with Crippen LogP contribution in [0.5, 0.6) is 0 Å². The van der Waals surface area contributed by atoms with Gasteiger partial charge in [0.1, 0.15) is 10.7 Å². The second-order valence-corrected chi connectivity index (χ2v) is 3.79. The fourth-order valence-electron chi connectivity index (χ4n) is 1.20. The minimum absolute atomic E-state index is 0.503. The van der Waals surface area contributed by atoms with Gasteiger partial charge in [-0.1, -0.05) is 23.4 Å². The lowest BCUT2D eigenvalue weighted by Crippen LogP contribution is -1.91. The maximum Gasteiger partial charge on any atom is 0.169 e. The second kappa shape index (κ2) is 3.20. The van der Waals surface area contributed by atoms with Gasteiger partial charge in [0.2, 0.25) is 0 Å². The zero-order valence-electron chi connectivity index (χ0n) is 7.28. The Hall–Kier alpha value is -0.740. The third-order valence-corrected chi connectivity index (χ3v) is 2.76. The van der Waals surface area contributed by atoms with Crippen molar-refractivity contribution in [3.8, 4) is 0 Å². The van der Waals surface area contributed by atoms with Crippen molar-refractivity contribution in [3.05, 3.63) is 17.3 Å². The lowest BCUT2D eigenvalue weighted by molar-refractivity contribution is 0.807. The number of thioether (sulfide) groups is 1. The standard InChI is InChI=1S/C8H8ClN3S/c1-12-7-5(10-8(12)13-2)3-4-6(9)11-7/h3-4H,1-2H3. The normalized spacial score (nSPS) is 11.0. The van der Waals surface area contributed by atoms with Crippen molar-refractivity contribution >= 4 is 34.5 Å². The Kier molecular flexibility index (Phi) is 2.17. The molecule has 0 aliphatic carbocycles.